The van der Waals surface area contributed by atoms with Gasteiger partial charge in [-0.05, 0) is 61.4 Å². The summed E-state index contributed by atoms with van der Waals surface area (Å²) in [5.74, 6) is -0.859. The van der Waals surface area contributed by atoms with E-state index < -0.39 is 5.97 Å². The molecule has 1 N–H and O–H groups in total. The first-order valence-electron chi connectivity index (χ1n) is 7.09. The number of aromatic carboxylic acids is 1. The van der Waals surface area contributed by atoms with E-state index in [1.807, 2.05) is 18.5 Å². The van der Waals surface area contributed by atoms with Crippen molar-refractivity contribution in [2.24, 2.45) is 7.05 Å². The minimum atomic E-state index is -0.859. The monoisotopic (exact) mass is 269 g/mol. The second kappa shape index (κ2) is 4.82. The van der Waals surface area contributed by atoms with Crippen LogP contribution in [0.1, 0.15) is 40.0 Å². The molecule has 2 aromatic rings. The molecule has 0 saturated carbocycles. The maximum atomic E-state index is 11.2. The highest BCUT2D eigenvalue weighted by Gasteiger charge is 2.17. The highest BCUT2D eigenvalue weighted by molar-refractivity contribution is 5.91. The molecule has 0 radical (unpaired) electrons. The number of aromatic nitrogens is 1. The molecule has 0 atom stereocenters. The van der Waals surface area contributed by atoms with Gasteiger partial charge in [-0.25, -0.2) is 4.79 Å². The highest BCUT2D eigenvalue weighted by atomic mass is 16.4. The summed E-state index contributed by atoms with van der Waals surface area (Å²) in [6, 6.07) is 8.33. The van der Waals surface area contributed by atoms with Crippen LogP contribution in [0.4, 0.5) is 0 Å². The summed E-state index contributed by atoms with van der Waals surface area (Å²) < 4.78 is 1.97. The Kier molecular flexibility index (Phi) is 3.13. The lowest BCUT2D eigenvalue weighted by molar-refractivity contribution is 0.0696. The number of rotatable bonds is 2. The molecule has 3 rings (SSSR count). The predicted octanol–water partition coefficient (Wildman–Crippen LogP) is 3.58. The van der Waals surface area contributed by atoms with Gasteiger partial charge >= 0.3 is 5.97 Å². The van der Waals surface area contributed by atoms with Crippen LogP contribution in [0.2, 0.25) is 0 Å². The van der Waals surface area contributed by atoms with Crippen molar-refractivity contribution < 1.29 is 9.90 Å². The van der Waals surface area contributed by atoms with Gasteiger partial charge in [-0.15, -0.1) is 0 Å². The summed E-state index contributed by atoms with van der Waals surface area (Å²) in [7, 11) is 1.93. The number of carboxylic acid groups (broad SMARTS) is 1. The van der Waals surface area contributed by atoms with Crippen molar-refractivity contribution in [1.29, 1.82) is 0 Å². The van der Waals surface area contributed by atoms with Crippen molar-refractivity contribution in [2.45, 2.75) is 32.6 Å². The largest absolute Gasteiger partial charge is 0.478 e. The van der Waals surface area contributed by atoms with Crippen molar-refractivity contribution in [2.75, 3.05) is 0 Å². The molecule has 0 unspecified atom stereocenters. The summed E-state index contributed by atoms with van der Waals surface area (Å²) in [4.78, 5) is 11.2. The first kappa shape index (κ1) is 13.0. The number of aryl methyl sites for hydroxylation is 2. The number of fused-ring (bicyclic) bond motifs is 1. The van der Waals surface area contributed by atoms with Crippen LogP contribution in [0.15, 0.2) is 24.3 Å². The van der Waals surface area contributed by atoms with Crippen molar-refractivity contribution in [3.05, 3.63) is 46.6 Å². The first-order chi connectivity index (χ1) is 9.58. The summed E-state index contributed by atoms with van der Waals surface area (Å²) in [5, 5.41) is 9.23. The Morgan fingerprint density at radius 3 is 2.50 bits per heavy atom. The van der Waals surface area contributed by atoms with Crippen molar-refractivity contribution >= 4 is 5.97 Å². The number of carbonyl (C=O) groups is 1. The Balaban J connectivity index is 2.09. The van der Waals surface area contributed by atoms with Crippen LogP contribution in [0.25, 0.3) is 11.3 Å². The fourth-order valence-corrected chi connectivity index (χ4v) is 3.09. The minimum absolute atomic E-state index is 0.389. The topological polar surface area (TPSA) is 42.2 Å². The van der Waals surface area contributed by atoms with Crippen molar-refractivity contribution in [3.8, 4) is 11.3 Å². The molecule has 0 spiro atoms. The fourth-order valence-electron chi connectivity index (χ4n) is 3.09. The molecule has 1 aromatic heterocycles. The molecule has 1 heterocycles. The number of nitrogens with zero attached hydrogens (tertiary/aromatic N) is 1. The average Bonchev–Trinajstić information content (AvgIpc) is 2.75. The average molecular weight is 269 g/mol. The van der Waals surface area contributed by atoms with E-state index in [1.54, 1.807) is 6.07 Å². The van der Waals surface area contributed by atoms with E-state index in [1.165, 1.54) is 30.4 Å². The molecule has 104 valence electrons. The van der Waals surface area contributed by atoms with Crippen LogP contribution in [0.3, 0.4) is 0 Å². The zero-order valence-electron chi connectivity index (χ0n) is 11.9. The number of hydrogen-bond acceptors (Lipinski definition) is 1. The van der Waals surface area contributed by atoms with Crippen LogP contribution in [-0.4, -0.2) is 15.6 Å². The lowest BCUT2D eigenvalue weighted by Gasteiger charge is -2.17. The third-order valence-corrected chi connectivity index (χ3v) is 4.41. The van der Waals surface area contributed by atoms with Gasteiger partial charge in [0.25, 0.3) is 0 Å². The molecule has 0 saturated heterocycles. The second-order valence-electron chi connectivity index (χ2n) is 5.58. The molecule has 20 heavy (non-hydrogen) atoms. The van der Waals surface area contributed by atoms with E-state index in [9.17, 15) is 9.90 Å². The van der Waals surface area contributed by atoms with E-state index in [0.717, 1.165) is 23.4 Å². The summed E-state index contributed by atoms with van der Waals surface area (Å²) in [6.07, 6.45) is 4.84. The molecule has 0 fully saturated rings. The van der Waals surface area contributed by atoms with Crippen LogP contribution < -0.4 is 0 Å². The standard InChI is InChI=1S/C17H19NO2/c1-11-15(17(19)20)10-16(18(11)2)14-8-7-12-5-3-4-6-13(12)9-14/h7-10H,3-6H2,1-2H3,(H,19,20). The quantitative estimate of drug-likeness (QED) is 0.905. The van der Waals surface area contributed by atoms with Crippen LogP contribution in [-0.2, 0) is 19.9 Å². The smallest absolute Gasteiger partial charge is 0.337 e. The molecule has 1 aliphatic carbocycles. The Labute approximate surface area is 118 Å². The Hall–Kier alpha value is -2.03. The predicted molar refractivity (Wildman–Crippen MR) is 79.2 cm³/mol. The summed E-state index contributed by atoms with van der Waals surface area (Å²) >= 11 is 0. The number of benzene rings is 1. The molecule has 1 aromatic carbocycles. The molecule has 0 aliphatic heterocycles. The molecular weight excluding hydrogens is 250 g/mol. The van der Waals surface area contributed by atoms with E-state index >= 15 is 0 Å². The van der Waals surface area contributed by atoms with Gasteiger partial charge in [-0.1, -0.05) is 12.1 Å². The number of hydrogen-bond donors (Lipinski definition) is 1. The van der Waals surface area contributed by atoms with E-state index in [-0.39, 0.29) is 0 Å². The van der Waals surface area contributed by atoms with Crippen LogP contribution in [0.5, 0.6) is 0 Å². The molecule has 3 nitrogen and oxygen atoms in total. The van der Waals surface area contributed by atoms with Gasteiger partial charge in [-0.2, -0.15) is 0 Å². The van der Waals surface area contributed by atoms with Crippen LogP contribution in [0, 0.1) is 6.92 Å². The first-order valence-corrected chi connectivity index (χ1v) is 7.09. The molecule has 1 aliphatic rings. The van der Waals surface area contributed by atoms with Gasteiger partial charge in [0.2, 0.25) is 0 Å². The summed E-state index contributed by atoms with van der Waals surface area (Å²) in [6.45, 7) is 1.85. The Bertz CT molecular complexity index is 683. The zero-order valence-corrected chi connectivity index (χ0v) is 11.9. The summed E-state index contributed by atoms with van der Waals surface area (Å²) in [5.41, 5.74) is 6.15. The maximum Gasteiger partial charge on any atom is 0.337 e. The Morgan fingerprint density at radius 1 is 1.15 bits per heavy atom. The van der Waals surface area contributed by atoms with Gasteiger partial charge in [-0.3, -0.25) is 0 Å². The lowest BCUT2D eigenvalue weighted by atomic mass is 9.90. The Morgan fingerprint density at radius 2 is 1.85 bits per heavy atom. The van der Waals surface area contributed by atoms with Crippen molar-refractivity contribution in [3.63, 3.8) is 0 Å². The second-order valence-corrected chi connectivity index (χ2v) is 5.58. The van der Waals surface area contributed by atoms with Crippen LogP contribution >= 0.6 is 0 Å². The molecule has 0 bridgehead atoms. The van der Waals surface area contributed by atoms with Crippen molar-refractivity contribution in [1.82, 2.24) is 4.57 Å². The normalized spacial score (nSPS) is 14.1. The third-order valence-electron chi connectivity index (χ3n) is 4.41. The van der Waals surface area contributed by atoms with E-state index in [2.05, 4.69) is 18.2 Å². The molecule has 0 amide bonds. The lowest BCUT2D eigenvalue weighted by Crippen LogP contribution is -2.03. The van der Waals surface area contributed by atoms with E-state index in [4.69, 9.17) is 0 Å². The maximum absolute atomic E-state index is 11.2. The van der Waals surface area contributed by atoms with Gasteiger partial charge < -0.3 is 9.67 Å². The van der Waals surface area contributed by atoms with Gasteiger partial charge in [0.1, 0.15) is 0 Å². The van der Waals surface area contributed by atoms with Gasteiger partial charge in [0.05, 0.1) is 5.56 Å². The highest BCUT2D eigenvalue weighted by Crippen LogP contribution is 2.29. The zero-order chi connectivity index (χ0) is 14.3. The fraction of sp³-hybridized carbons (Fsp3) is 0.353. The third kappa shape index (κ3) is 2.03. The SMILES string of the molecule is Cc1c(C(=O)O)cc(-c2ccc3c(c2)CCCC3)n1C. The minimum Gasteiger partial charge on any atom is -0.478 e. The number of carboxylic acids is 1. The van der Waals surface area contributed by atoms with E-state index in [0.29, 0.717) is 5.56 Å². The van der Waals surface area contributed by atoms with Gasteiger partial charge in [0, 0.05) is 18.4 Å². The van der Waals surface area contributed by atoms with Gasteiger partial charge in [0.15, 0.2) is 0 Å². The molecule has 3 heteroatoms. The molecular formula is C17H19NO2.